The first-order chi connectivity index (χ1) is 8.36. The van der Waals surface area contributed by atoms with Crippen molar-refractivity contribution < 1.29 is 4.74 Å². The lowest BCUT2D eigenvalue weighted by atomic mass is 9.97. The Morgan fingerprint density at radius 2 is 2.18 bits per heavy atom. The number of hydrogen-bond acceptors (Lipinski definition) is 2. The second-order valence-electron chi connectivity index (χ2n) is 4.88. The van der Waals surface area contributed by atoms with Crippen LogP contribution in [0.4, 0.5) is 0 Å². The molecule has 1 N–H and O–H groups in total. The van der Waals surface area contributed by atoms with Crippen LogP contribution in [0, 0.1) is 5.92 Å². The zero-order valence-electron chi connectivity index (χ0n) is 10.9. The quantitative estimate of drug-likeness (QED) is 0.815. The molecule has 0 bridgehead atoms. The standard InChI is InChI=1S/C15H23NO/c1-3-9-16-15-13(8-10-17-2)11-12-6-4-5-7-14(12)15/h4-7,13,15-16H,3,8-11H2,1-2H3. The fourth-order valence-electron chi connectivity index (χ4n) is 2.79. The summed E-state index contributed by atoms with van der Waals surface area (Å²) in [5.74, 6) is 0.693. The lowest BCUT2D eigenvalue weighted by Gasteiger charge is -2.21. The van der Waals surface area contributed by atoms with Crippen molar-refractivity contribution in [2.24, 2.45) is 5.92 Å². The van der Waals surface area contributed by atoms with E-state index in [2.05, 4.69) is 36.5 Å². The fraction of sp³-hybridized carbons (Fsp3) is 0.600. The molecular formula is C15H23NO. The molecule has 1 aromatic carbocycles. The van der Waals surface area contributed by atoms with E-state index in [1.54, 1.807) is 7.11 Å². The van der Waals surface area contributed by atoms with Gasteiger partial charge in [-0.25, -0.2) is 0 Å². The lowest BCUT2D eigenvalue weighted by molar-refractivity contribution is 0.169. The largest absolute Gasteiger partial charge is 0.385 e. The molecule has 0 fully saturated rings. The average Bonchev–Trinajstić information content (AvgIpc) is 2.71. The SMILES string of the molecule is CCCNC1c2ccccc2CC1CCOC. The summed E-state index contributed by atoms with van der Waals surface area (Å²) >= 11 is 0. The summed E-state index contributed by atoms with van der Waals surface area (Å²) in [4.78, 5) is 0. The molecule has 2 nitrogen and oxygen atoms in total. The van der Waals surface area contributed by atoms with Crippen molar-refractivity contribution in [3.63, 3.8) is 0 Å². The van der Waals surface area contributed by atoms with Crippen LogP contribution in [0.3, 0.4) is 0 Å². The molecule has 0 amide bonds. The molecule has 2 rings (SSSR count). The Labute approximate surface area is 104 Å². The number of rotatable bonds is 6. The molecule has 2 unspecified atom stereocenters. The fourth-order valence-corrected chi connectivity index (χ4v) is 2.79. The predicted molar refractivity (Wildman–Crippen MR) is 71.2 cm³/mol. The number of benzene rings is 1. The van der Waals surface area contributed by atoms with Crippen molar-refractivity contribution in [2.45, 2.75) is 32.2 Å². The second kappa shape index (κ2) is 6.18. The molecule has 0 saturated carbocycles. The molecule has 2 atom stereocenters. The van der Waals surface area contributed by atoms with Gasteiger partial charge in [-0.05, 0) is 42.9 Å². The van der Waals surface area contributed by atoms with E-state index in [4.69, 9.17) is 4.74 Å². The van der Waals surface area contributed by atoms with Crippen LogP contribution in [0.2, 0.25) is 0 Å². The summed E-state index contributed by atoms with van der Waals surface area (Å²) < 4.78 is 5.23. The minimum absolute atomic E-state index is 0.529. The predicted octanol–water partition coefficient (Wildman–Crippen LogP) is 2.94. The first-order valence-corrected chi connectivity index (χ1v) is 6.67. The van der Waals surface area contributed by atoms with Crippen molar-refractivity contribution in [3.05, 3.63) is 35.4 Å². The van der Waals surface area contributed by atoms with Crippen LogP contribution in [-0.2, 0) is 11.2 Å². The number of methoxy groups -OCH3 is 1. The van der Waals surface area contributed by atoms with Gasteiger partial charge in [-0.3, -0.25) is 0 Å². The third kappa shape index (κ3) is 2.88. The molecule has 0 aromatic heterocycles. The zero-order valence-corrected chi connectivity index (χ0v) is 10.9. The third-order valence-corrected chi connectivity index (χ3v) is 3.65. The summed E-state index contributed by atoms with van der Waals surface area (Å²) in [6.45, 7) is 4.18. The van der Waals surface area contributed by atoms with Gasteiger partial charge in [-0.1, -0.05) is 31.2 Å². The van der Waals surface area contributed by atoms with Crippen molar-refractivity contribution in [2.75, 3.05) is 20.3 Å². The number of fused-ring (bicyclic) bond motifs is 1. The summed E-state index contributed by atoms with van der Waals surface area (Å²) in [6, 6.07) is 9.37. The maximum absolute atomic E-state index is 5.23. The van der Waals surface area contributed by atoms with Crippen molar-refractivity contribution in [1.82, 2.24) is 5.32 Å². The first kappa shape index (κ1) is 12.6. The Hall–Kier alpha value is -0.860. The first-order valence-electron chi connectivity index (χ1n) is 6.67. The maximum Gasteiger partial charge on any atom is 0.0465 e. The summed E-state index contributed by atoms with van der Waals surface area (Å²) in [7, 11) is 1.79. The van der Waals surface area contributed by atoms with Gasteiger partial charge in [0.15, 0.2) is 0 Å². The Bertz CT molecular complexity index is 351. The van der Waals surface area contributed by atoms with Gasteiger partial charge in [0, 0.05) is 19.8 Å². The monoisotopic (exact) mass is 233 g/mol. The van der Waals surface area contributed by atoms with Gasteiger partial charge in [0.2, 0.25) is 0 Å². The van der Waals surface area contributed by atoms with Gasteiger partial charge in [0.1, 0.15) is 0 Å². The highest BCUT2D eigenvalue weighted by Crippen LogP contribution is 2.37. The van der Waals surface area contributed by atoms with E-state index in [0.29, 0.717) is 12.0 Å². The van der Waals surface area contributed by atoms with Gasteiger partial charge in [-0.2, -0.15) is 0 Å². The minimum atomic E-state index is 0.529. The lowest BCUT2D eigenvalue weighted by Crippen LogP contribution is -2.26. The molecule has 0 aliphatic heterocycles. The number of nitrogens with one attached hydrogen (secondary N) is 1. The zero-order chi connectivity index (χ0) is 12.1. The maximum atomic E-state index is 5.23. The van der Waals surface area contributed by atoms with Crippen LogP contribution < -0.4 is 5.32 Å². The van der Waals surface area contributed by atoms with Gasteiger partial charge >= 0.3 is 0 Å². The Morgan fingerprint density at radius 3 is 2.94 bits per heavy atom. The third-order valence-electron chi connectivity index (χ3n) is 3.65. The van der Waals surface area contributed by atoms with Crippen LogP contribution in [0.15, 0.2) is 24.3 Å². The highest BCUT2D eigenvalue weighted by molar-refractivity contribution is 5.35. The number of hydrogen-bond donors (Lipinski definition) is 1. The van der Waals surface area contributed by atoms with Gasteiger partial charge in [0.05, 0.1) is 0 Å². The van der Waals surface area contributed by atoms with Crippen molar-refractivity contribution in [1.29, 1.82) is 0 Å². The van der Waals surface area contributed by atoms with E-state index in [-0.39, 0.29) is 0 Å². The van der Waals surface area contributed by atoms with E-state index in [0.717, 1.165) is 19.6 Å². The average molecular weight is 233 g/mol. The molecule has 17 heavy (non-hydrogen) atoms. The van der Waals surface area contributed by atoms with Gasteiger partial charge in [-0.15, -0.1) is 0 Å². The topological polar surface area (TPSA) is 21.3 Å². The van der Waals surface area contributed by atoms with E-state index >= 15 is 0 Å². The van der Waals surface area contributed by atoms with Crippen LogP contribution in [0.5, 0.6) is 0 Å². The Kier molecular flexibility index (Phi) is 4.57. The molecule has 1 aliphatic rings. The molecule has 0 radical (unpaired) electrons. The number of ether oxygens (including phenoxy) is 1. The van der Waals surface area contributed by atoms with Crippen molar-refractivity contribution >= 4 is 0 Å². The van der Waals surface area contributed by atoms with E-state index in [1.807, 2.05) is 0 Å². The van der Waals surface area contributed by atoms with Crippen LogP contribution >= 0.6 is 0 Å². The van der Waals surface area contributed by atoms with Gasteiger partial charge in [0.25, 0.3) is 0 Å². The molecule has 0 spiro atoms. The Balaban J connectivity index is 2.09. The van der Waals surface area contributed by atoms with Crippen molar-refractivity contribution in [3.8, 4) is 0 Å². The normalized spacial score (nSPS) is 22.7. The van der Waals surface area contributed by atoms with Gasteiger partial charge < -0.3 is 10.1 Å². The molecular weight excluding hydrogens is 210 g/mol. The summed E-state index contributed by atoms with van der Waals surface area (Å²) in [6.07, 6.45) is 3.53. The minimum Gasteiger partial charge on any atom is -0.385 e. The molecule has 2 heteroatoms. The smallest absolute Gasteiger partial charge is 0.0465 e. The highest BCUT2D eigenvalue weighted by Gasteiger charge is 2.30. The molecule has 1 aromatic rings. The van der Waals surface area contributed by atoms with E-state index in [1.165, 1.54) is 24.0 Å². The molecule has 94 valence electrons. The van der Waals surface area contributed by atoms with Crippen LogP contribution in [0.1, 0.15) is 36.9 Å². The second-order valence-corrected chi connectivity index (χ2v) is 4.88. The molecule has 0 saturated heterocycles. The van der Waals surface area contributed by atoms with Crippen LogP contribution in [-0.4, -0.2) is 20.3 Å². The Morgan fingerprint density at radius 1 is 1.35 bits per heavy atom. The highest BCUT2D eigenvalue weighted by atomic mass is 16.5. The summed E-state index contributed by atoms with van der Waals surface area (Å²) in [5, 5.41) is 3.69. The van der Waals surface area contributed by atoms with E-state index < -0.39 is 0 Å². The van der Waals surface area contributed by atoms with Crippen LogP contribution in [0.25, 0.3) is 0 Å². The summed E-state index contributed by atoms with van der Waals surface area (Å²) in [5.41, 5.74) is 3.02. The van der Waals surface area contributed by atoms with E-state index in [9.17, 15) is 0 Å². The molecule has 0 heterocycles. The molecule has 1 aliphatic carbocycles.